The van der Waals surface area contributed by atoms with Crippen molar-refractivity contribution in [2.75, 3.05) is 26.4 Å². The van der Waals surface area contributed by atoms with Gasteiger partial charge in [0.2, 0.25) is 5.91 Å². The van der Waals surface area contributed by atoms with Crippen molar-refractivity contribution < 1.29 is 9.59 Å². The number of thiophene rings is 1. The highest BCUT2D eigenvalue weighted by atomic mass is 79.9. The Morgan fingerprint density at radius 2 is 2.14 bits per heavy atom. The fourth-order valence-electron chi connectivity index (χ4n) is 1.92. The van der Waals surface area contributed by atoms with Crippen molar-refractivity contribution in [1.29, 1.82) is 0 Å². The van der Waals surface area contributed by atoms with Crippen molar-refractivity contribution in [3.8, 4) is 0 Å². The van der Waals surface area contributed by atoms with Crippen LogP contribution in [0.4, 0.5) is 5.69 Å². The molecule has 0 aliphatic heterocycles. The molecular formula is C14H16BrN3O2S. The Morgan fingerprint density at radius 3 is 2.81 bits per heavy atom. The smallest absolute Gasteiger partial charge is 0.265 e. The number of fused-ring (bicyclic) bond motifs is 1. The molecule has 1 aromatic carbocycles. The zero-order chi connectivity index (χ0) is 15.6. The van der Waals surface area contributed by atoms with Gasteiger partial charge in [-0.05, 0) is 12.1 Å². The molecule has 5 nitrogen and oxygen atoms in total. The number of hydrogen-bond donors (Lipinski definition) is 2. The van der Waals surface area contributed by atoms with Crippen LogP contribution < -0.4 is 11.1 Å². The third-order valence-electron chi connectivity index (χ3n) is 3.18. The summed E-state index contributed by atoms with van der Waals surface area (Å²) < 4.78 is 1.91. The Morgan fingerprint density at radius 1 is 1.43 bits per heavy atom. The molecule has 0 fully saturated rings. The van der Waals surface area contributed by atoms with Crippen LogP contribution >= 0.6 is 27.3 Å². The van der Waals surface area contributed by atoms with Crippen molar-refractivity contribution in [2.24, 2.45) is 0 Å². The van der Waals surface area contributed by atoms with Gasteiger partial charge in [-0.15, -0.1) is 11.3 Å². The lowest BCUT2D eigenvalue weighted by molar-refractivity contribution is -0.120. The molecule has 0 aliphatic carbocycles. The summed E-state index contributed by atoms with van der Waals surface area (Å²) in [7, 11) is 3.25. The number of nitrogens with zero attached hydrogens (tertiary/aromatic N) is 1. The zero-order valence-corrected chi connectivity index (χ0v) is 14.2. The average Bonchev–Trinajstić information content (AvgIpc) is 2.79. The van der Waals surface area contributed by atoms with Gasteiger partial charge in [0.05, 0.1) is 5.69 Å². The number of benzene rings is 1. The van der Waals surface area contributed by atoms with Crippen molar-refractivity contribution >= 4 is 54.9 Å². The van der Waals surface area contributed by atoms with Gasteiger partial charge in [-0.1, -0.05) is 22.0 Å². The van der Waals surface area contributed by atoms with Gasteiger partial charge in [-0.2, -0.15) is 0 Å². The molecule has 7 heteroatoms. The zero-order valence-electron chi connectivity index (χ0n) is 11.8. The number of nitrogen functional groups attached to an aromatic ring is 1. The van der Waals surface area contributed by atoms with Crippen LogP contribution in [0.5, 0.6) is 0 Å². The molecule has 0 radical (unpaired) electrons. The Labute approximate surface area is 135 Å². The van der Waals surface area contributed by atoms with Crippen LogP contribution in [0.25, 0.3) is 10.1 Å². The number of anilines is 1. The SMILES string of the molecule is CNC(=O)CCN(C)C(=O)c1sc2cc(Br)ccc2c1N. The van der Waals surface area contributed by atoms with E-state index in [-0.39, 0.29) is 18.2 Å². The molecular weight excluding hydrogens is 354 g/mol. The number of nitrogens with two attached hydrogens (primary N) is 1. The van der Waals surface area contributed by atoms with Gasteiger partial charge in [0, 0.05) is 41.6 Å². The largest absolute Gasteiger partial charge is 0.397 e. The monoisotopic (exact) mass is 369 g/mol. The summed E-state index contributed by atoms with van der Waals surface area (Å²) in [6.45, 7) is 0.357. The summed E-state index contributed by atoms with van der Waals surface area (Å²) in [4.78, 5) is 25.7. The number of carbonyl (C=O) groups excluding carboxylic acids is 2. The predicted molar refractivity (Wildman–Crippen MR) is 89.6 cm³/mol. The molecule has 0 bridgehead atoms. The highest BCUT2D eigenvalue weighted by molar-refractivity contribution is 9.10. The minimum atomic E-state index is -0.159. The van der Waals surface area contributed by atoms with Crippen molar-refractivity contribution in [1.82, 2.24) is 10.2 Å². The second-order valence-corrected chi connectivity index (χ2v) is 6.60. The standard InChI is InChI=1S/C14H16BrN3O2S/c1-17-11(19)5-6-18(2)14(20)13-12(16)9-4-3-8(15)7-10(9)21-13/h3-4,7H,5-6,16H2,1-2H3,(H,17,19). The normalized spacial score (nSPS) is 10.6. The summed E-state index contributed by atoms with van der Waals surface area (Å²) in [5.41, 5.74) is 6.58. The van der Waals surface area contributed by atoms with Crippen molar-refractivity contribution in [3.05, 3.63) is 27.5 Å². The Bertz CT molecular complexity index is 699. The summed E-state index contributed by atoms with van der Waals surface area (Å²) in [6, 6.07) is 5.74. The molecule has 0 saturated heterocycles. The second kappa shape index (κ2) is 6.44. The number of carbonyl (C=O) groups is 2. The first-order valence-electron chi connectivity index (χ1n) is 6.37. The van der Waals surface area contributed by atoms with E-state index >= 15 is 0 Å². The molecule has 0 atom stereocenters. The molecule has 21 heavy (non-hydrogen) atoms. The van der Waals surface area contributed by atoms with E-state index < -0.39 is 0 Å². The first-order valence-corrected chi connectivity index (χ1v) is 7.98. The summed E-state index contributed by atoms with van der Waals surface area (Å²) in [5, 5.41) is 3.41. The molecule has 0 spiro atoms. The van der Waals surface area contributed by atoms with Gasteiger partial charge < -0.3 is 16.0 Å². The van der Waals surface area contributed by atoms with Gasteiger partial charge >= 0.3 is 0 Å². The van der Waals surface area contributed by atoms with E-state index in [1.54, 1.807) is 14.1 Å². The predicted octanol–water partition coefficient (Wildman–Crippen LogP) is 2.45. The average molecular weight is 370 g/mol. The number of nitrogens with one attached hydrogen (secondary N) is 1. The Kier molecular flexibility index (Phi) is 4.84. The fraction of sp³-hybridized carbons (Fsp3) is 0.286. The Hall–Kier alpha value is -1.60. The summed E-state index contributed by atoms with van der Waals surface area (Å²) in [5.74, 6) is -0.253. The quantitative estimate of drug-likeness (QED) is 0.868. The van der Waals surface area contributed by atoms with E-state index in [1.165, 1.54) is 16.2 Å². The maximum atomic E-state index is 12.4. The molecule has 2 amide bonds. The third kappa shape index (κ3) is 3.36. The lowest BCUT2D eigenvalue weighted by Gasteiger charge is -2.16. The maximum absolute atomic E-state index is 12.4. The molecule has 1 aromatic heterocycles. The molecule has 1 heterocycles. The highest BCUT2D eigenvalue weighted by Crippen LogP contribution is 2.35. The van der Waals surface area contributed by atoms with E-state index in [0.29, 0.717) is 17.1 Å². The topological polar surface area (TPSA) is 75.4 Å². The number of halogens is 1. The maximum Gasteiger partial charge on any atom is 0.265 e. The van der Waals surface area contributed by atoms with Crippen LogP contribution in [0.2, 0.25) is 0 Å². The first kappa shape index (κ1) is 15.8. The van der Waals surface area contributed by atoms with Crippen molar-refractivity contribution in [3.63, 3.8) is 0 Å². The summed E-state index contributed by atoms with van der Waals surface area (Å²) in [6.07, 6.45) is 0.273. The van der Waals surface area contributed by atoms with Crippen LogP contribution in [-0.2, 0) is 4.79 Å². The minimum absolute atomic E-state index is 0.0945. The lowest BCUT2D eigenvalue weighted by atomic mass is 10.2. The Balaban J connectivity index is 2.22. The van der Waals surface area contributed by atoms with E-state index in [4.69, 9.17) is 5.73 Å². The van der Waals surface area contributed by atoms with Crippen molar-refractivity contribution in [2.45, 2.75) is 6.42 Å². The van der Waals surface area contributed by atoms with Crippen LogP contribution in [0.3, 0.4) is 0 Å². The third-order valence-corrected chi connectivity index (χ3v) is 4.83. The number of rotatable bonds is 4. The number of hydrogen-bond acceptors (Lipinski definition) is 4. The van der Waals surface area contributed by atoms with E-state index in [9.17, 15) is 9.59 Å². The van der Waals surface area contributed by atoms with Crippen LogP contribution in [-0.4, -0.2) is 37.4 Å². The molecule has 3 N–H and O–H groups in total. The molecule has 2 aromatic rings. The van der Waals surface area contributed by atoms with E-state index in [2.05, 4.69) is 21.2 Å². The molecule has 0 saturated carbocycles. The molecule has 2 rings (SSSR count). The van der Waals surface area contributed by atoms with Gasteiger partial charge in [0.25, 0.3) is 5.91 Å². The highest BCUT2D eigenvalue weighted by Gasteiger charge is 2.20. The van der Waals surface area contributed by atoms with E-state index in [1.807, 2.05) is 18.2 Å². The molecule has 0 unspecified atom stereocenters. The number of amides is 2. The van der Waals surface area contributed by atoms with Crippen LogP contribution in [0.15, 0.2) is 22.7 Å². The van der Waals surface area contributed by atoms with Gasteiger partial charge in [0.1, 0.15) is 4.88 Å². The van der Waals surface area contributed by atoms with Gasteiger partial charge in [-0.25, -0.2) is 0 Å². The minimum Gasteiger partial charge on any atom is -0.397 e. The van der Waals surface area contributed by atoms with Gasteiger partial charge in [-0.3, -0.25) is 9.59 Å². The van der Waals surface area contributed by atoms with Crippen LogP contribution in [0.1, 0.15) is 16.1 Å². The lowest BCUT2D eigenvalue weighted by Crippen LogP contribution is -2.31. The van der Waals surface area contributed by atoms with Crippen LogP contribution in [0, 0.1) is 0 Å². The fourth-order valence-corrected chi connectivity index (χ4v) is 3.59. The van der Waals surface area contributed by atoms with Gasteiger partial charge in [0.15, 0.2) is 0 Å². The van der Waals surface area contributed by atoms with E-state index in [0.717, 1.165) is 14.6 Å². The molecule has 112 valence electrons. The first-order chi connectivity index (χ1) is 9.93. The second-order valence-electron chi connectivity index (χ2n) is 4.64. The summed E-state index contributed by atoms with van der Waals surface area (Å²) >= 11 is 4.77. The molecule has 0 aliphatic rings.